The molecule has 2 aliphatic heterocycles. The normalized spacial score (nSPS) is 37.4. The Balaban J connectivity index is 1.63. The van der Waals surface area contributed by atoms with Gasteiger partial charge in [0.25, 0.3) is 0 Å². The lowest BCUT2D eigenvalue weighted by atomic mass is 10.1. The van der Waals surface area contributed by atoms with Crippen LogP contribution in [0.3, 0.4) is 0 Å². The minimum Gasteiger partial charge on any atom is -0.385 e. The first-order valence-corrected chi connectivity index (χ1v) is 9.58. The maximum Gasteiger partial charge on any atom is 0.186 e. The van der Waals surface area contributed by atoms with Gasteiger partial charge in [-0.25, -0.2) is 0 Å². The van der Waals surface area contributed by atoms with Crippen LogP contribution in [0.15, 0.2) is 0 Å². The summed E-state index contributed by atoms with van der Waals surface area (Å²) >= 11 is 0. The van der Waals surface area contributed by atoms with Crippen LogP contribution < -0.4 is 0 Å². The van der Waals surface area contributed by atoms with Gasteiger partial charge in [-0.15, -0.1) is 0 Å². The van der Waals surface area contributed by atoms with Gasteiger partial charge in [-0.05, 0) is 0 Å². The monoisotopic (exact) mass is 426 g/mol. The van der Waals surface area contributed by atoms with E-state index >= 15 is 0 Å². The fraction of sp³-hybridized carbons (Fsp3) is 1.00. The van der Waals surface area contributed by atoms with E-state index in [4.69, 9.17) is 42.6 Å². The van der Waals surface area contributed by atoms with Gasteiger partial charge in [0.05, 0.1) is 39.6 Å². The van der Waals surface area contributed by atoms with Crippen molar-refractivity contribution in [1.29, 1.82) is 0 Å². The first-order valence-electron chi connectivity index (χ1n) is 9.58. The van der Waals surface area contributed by atoms with Gasteiger partial charge < -0.3 is 52.8 Å². The van der Waals surface area contributed by atoms with Crippen LogP contribution in [0.2, 0.25) is 0 Å². The number of hydrogen-bond donors (Lipinski definition) is 2. The zero-order valence-electron chi connectivity index (χ0n) is 17.4. The maximum absolute atomic E-state index is 10.2. The van der Waals surface area contributed by atoms with Gasteiger partial charge in [0, 0.05) is 28.4 Å². The Morgan fingerprint density at radius 1 is 0.655 bits per heavy atom. The smallest absolute Gasteiger partial charge is 0.186 e. The van der Waals surface area contributed by atoms with E-state index in [1.807, 2.05) is 0 Å². The number of methoxy groups -OCH3 is 4. The molecule has 0 unspecified atom stereocenters. The Bertz CT molecular complexity index is 402. The Hall–Kier alpha value is -0.440. The molecule has 2 rings (SSSR count). The van der Waals surface area contributed by atoms with E-state index in [1.54, 1.807) is 14.2 Å². The molecule has 0 aromatic rings. The van der Waals surface area contributed by atoms with Crippen molar-refractivity contribution in [3.63, 3.8) is 0 Å². The summed E-state index contributed by atoms with van der Waals surface area (Å²) < 4.78 is 48.3. The average Bonchev–Trinajstić information content (AvgIpc) is 3.18. The zero-order chi connectivity index (χ0) is 21.2. The van der Waals surface area contributed by atoms with Crippen molar-refractivity contribution in [3.05, 3.63) is 0 Å². The summed E-state index contributed by atoms with van der Waals surface area (Å²) in [6.07, 6.45) is -5.26. The third-order valence-electron chi connectivity index (χ3n) is 4.78. The third-order valence-corrected chi connectivity index (χ3v) is 4.78. The molecule has 2 saturated heterocycles. The van der Waals surface area contributed by atoms with Crippen LogP contribution in [0.1, 0.15) is 0 Å². The van der Waals surface area contributed by atoms with Gasteiger partial charge in [-0.1, -0.05) is 0 Å². The van der Waals surface area contributed by atoms with Gasteiger partial charge in [-0.3, -0.25) is 0 Å². The number of hydrogen-bond acceptors (Lipinski definition) is 11. The lowest BCUT2D eigenvalue weighted by Crippen LogP contribution is -2.38. The highest BCUT2D eigenvalue weighted by Gasteiger charge is 2.45. The number of rotatable bonds is 14. The van der Waals surface area contributed by atoms with Gasteiger partial charge in [0.1, 0.15) is 36.6 Å². The maximum atomic E-state index is 10.2. The highest BCUT2D eigenvalue weighted by molar-refractivity contribution is 4.89. The topological polar surface area (TPSA) is 124 Å². The average molecular weight is 426 g/mol. The highest BCUT2D eigenvalue weighted by Crippen LogP contribution is 2.25. The Kier molecular flexibility index (Phi) is 11.2. The first-order chi connectivity index (χ1) is 14.1. The van der Waals surface area contributed by atoms with Crippen molar-refractivity contribution < 1.29 is 52.8 Å². The first kappa shape index (κ1) is 24.8. The molecule has 0 aliphatic carbocycles. The van der Waals surface area contributed by atoms with E-state index < -0.39 is 49.2 Å². The Morgan fingerprint density at radius 2 is 1.07 bits per heavy atom. The van der Waals surface area contributed by atoms with Gasteiger partial charge in [0.2, 0.25) is 0 Å². The highest BCUT2D eigenvalue weighted by atomic mass is 16.7. The quantitative estimate of drug-likeness (QED) is 0.316. The molecule has 0 amide bonds. The molecule has 0 radical (unpaired) electrons. The fourth-order valence-electron chi connectivity index (χ4n) is 3.40. The summed E-state index contributed by atoms with van der Waals surface area (Å²) in [5.41, 5.74) is 0. The van der Waals surface area contributed by atoms with E-state index in [0.717, 1.165) is 0 Å². The second kappa shape index (κ2) is 13.1. The molecule has 0 saturated carbocycles. The van der Waals surface area contributed by atoms with Crippen LogP contribution >= 0.6 is 0 Å². The number of aliphatic hydroxyl groups is 2. The summed E-state index contributed by atoms with van der Waals surface area (Å²) in [4.78, 5) is 0. The van der Waals surface area contributed by atoms with Crippen LogP contribution in [0.4, 0.5) is 0 Å². The molecule has 0 bridgehead atoms. The summed E-state index contributed by atoms with van der Waals surface area (Å²) in [6.45, 7) is 1.69. The lowest BCUT2D eigenvalue weighted by Gasteiger charge is -2.21. The van der Waals surface area contributed by atoms with E-state index in [2.05, 4.69) is 0 Å². The van der Waals surface area contributed by atoms with Gasteiger partial charge in [0.15, 0.2) is 12.6 Å². The molecule has 8 atom stereocenters. The molecule has 2 N–H and O–H groups in total. The molecule has 2 aliphatic rings. The lowest BCUT2D eigenvalue weighted by molar-refractivity contribution is -0.154. The molecule has 172 valence electrons. The second-order valence-corrected chi connectivity index (χ2v) is 6.73. The van der Waals surface area contributed by atoms with E-state index in [1.165, 1.54) is 14.2 Å². The third kappa shape index (κ3) is 6.77. The van der Waals surface area contributed by atoms with E-state index in [0.29, 0.717) is 13.2 Å². The van der Waals surface area contributed by atoms with Crippen LogP contribution in [-0.2, 0) is 42.6 Å². The Labute approximate surface area is 171 Å². The summed E-state index contributed by atoms with van der Waals surface area (Å²) in [6, 6.07) is 0. The van der Waals surface area contributed by atoms with Crippen molar-refractivity contribution in [2.24, 2.45) is 0 Å². The molecule has 2 fully saturated rings. The van der Waals surface area contributed by atoms with Crippen LogP contribution in [0.25, 0.3) is 0 Å². The van der Waals surface area contributed by atoms with Crippen LogP contribution in [0, 0.1) is 0 Å². The molecule has 0 aromatic carbocycles. The SMILES string of the molecule is COC[C@H]1O[C@@H](OC)[C@H](O)[C@H]1OCCOCCO[C@@H]1[C@@H](O)[C@H](OC)O[C@@H]1COC. The molecule has 29 heavy (non-hydrogen) atoms. The zero-order valence-corrected chi connectivity index (χ0v) is 17.4. The number of ether oxygens (including phenoxy) is 9. The van der Waals surface area contributed by atoms with Crippen molar-refractivity contribution in [2.45, 2.75) is 49.2 Å². The minimum absolute atomic E-state index is 0.259. The van der Waals surface area contributed by atoms with Crippen molar-refractivity contribution in [2.75, 3.05) is 68.1 Å². The van der Waals surface area contributed by atoms with Crippen molar-refractivity contribution in [3.8, 4) is 0 Å². The molecule has 11 nitrogen and oxygen atoms in total. The van der Waals surface area contributed by atoms with E-state index in [-0.39, 0.29) is 26.4 Å². The predicted molar refractivity (Wildman–Crippen MR) is 97.4 cm³/mol. The standard InChI is InChI=1S/C18H34O11/c1-21-9-11-15(13(19)17(23-3)28-11)26-7-5-25-6-8-27-16-12(10-22-2)29-18(24-4)14(16)20/h11-20H,5-10H2,1-4H3/t11-,12-,13-,14-,15+,16+,17-,18-/m1/s1. The summed E-state index contributed by atoms with van der Waals surface area (Å²) in [5, 5.41) is 20.4. The molecular formula is C18H34O11. The van der Waals surface area contributed by atoms with Crippen molar-refractivity contribution >= 4 is 0 Å². The van der Waals surface area contributed by atoms with Crippen LogP contribution in [0.5, 0.6) is 0 Å². The largest absolute Gasteiger partial charge is 0.385 e. The fourth-order valence-corrected chi connectivity index (χ4v) is 3.40. The van der Waals surface area contributed by atoms with Crippen molar-refractivity contribution in [1.82, 2.24) is 0 Å². The number of aliphatic hydroxyl groups excluding tert-OH is 2. The van der Waals surface area contributed by atoms with Gasteiger partial charge in [-0.2, -0.15) is 0 Å². The second-order valence-electron chi connectivity index (χ2n) is 6.73. The minimum atomic E-state index is -0.904. The molecule has 11 heteroatoms. The summed E-state index contributed by atoms with van der Waals surface area (Å²) in [5.74, 6) is 0. The predicted octanol–water partition coefficient (Wildman–Crippen LogP) is -1.47. The molecular weight excluding hydrogens is 392 g/mol. The molecule has 0 aromatic heterocycles. The van der Waals surface area contributed by atoms with Crippen LogP contribution in [-0.4, -0.2) is 127 Å². The summed E-state index contributed by atoms with van der Waals surface area (Å²) in [7, 11) is 6.02. The molecule has 2 heterocycles. The van der Waals surface area contributed by atoms with Gasteiger partial charge >= 0.3 is 0 Å². The Morgan fingerprint density at radius 3 is 1.41 bits per heavy atom. The molecule has 0 spiro atoms. The van der Waals surface area contributed by atoms with E-state index in [9.17, 15) is 10.2 Å².